The van der Waals surface area contributed by atoms with Crippen LogP contribution < -0.4 is 10.1 Å². The van der Waals surface area contributed by atoms with Crippen molar-refractivity contribution in [1.82, 2.24) is 4.98 Å². The van der Waals surface area contributed by atoms with Gasteiger partial charge in [0.1, 0.15) is 11.3 Å². The molecule has 218 valence electrons. The second-order valence-corrected chi connectivity index (χ2v) is 13.0. The summed E-state index contributed by atoms with van der Waals surface area (Å²) in [4.78, 5) is 17.4. The summed E-state index contributed by atoms with van der Waals surface area (Å²) in [6.45, 7) is 5.24. The number of aliphatic carboxylic acids is 1. The van der Waals surface area contributed by atoms with Gasteiger partial charge in [-0.3, -0.25) is 4.98 Å². The SMILES string of the molecule is C[C@@H](COc1ccnc2c1[C@H](C)CCC2)C[C@H]1Cc2ccccc2C12CCC(Nc1cccc(C#N)c1)(C(=O)O)CC2. The Hall–Kier alpha value is -3.85. The average molecular weight is 564 g/mol. The fourth-order valence-electron chi connectivity index (χ4n) is 8.16. The molecule has 2 aromatic carbocycles. The van der Waals surface area contributed by atoms with Gasteiger partial charge in [-0.05, 0) is 116 Å². The van der Waals surface area contributed by atoms with Gasteiger partial charge in [0.15, 0.2) is 0 Å². The molecule has 1 aromatic heterocycles. The number of aryl methyl sites for hydroxylation is 1. The van der Waals surface area contributed by atoms with Crippen LogP contribution in [-0.4, -0.2) is 28.2 Å². The van der Waals surface area contributed by atoms with Crippen molar-refractivity contribution in [2.75, 3.05) is 11.9 Å². The van der Waals surface area contributed by atoms with E-state index in [1.807, 2.05) is 18.3 Å². The van der Waals surface area contributed by atoms with Crippen molar-refractivity contribution < 1.29 is 14.6 Å². The molecule has 3 aliphatic rings. The van der Waals surface area contributed by atoms with E-state index in [0.29, 0.717) is 48.5 Å². The van der Waals surface area contributed by atoms with E-state index < -0.39 is 11.5 Å². The average Bonchev–Trinajstić information content (AvgIpc) is 3.29. The van der Waals surface area contributed by atoms with Gasteiger partial charge in [-0.15, -0.1) is 0 Å². The number of nitrogens with zero attached hydrogens (tertiary/aromatic N) is 2. The number of hydrogen-bond acceptors (Lipinski definition) is 5. The Morgan fingerprint density at radius 2 is 1.98 bits per heavy atom. The minimum Gasteiger partial charge on any atom is -0.493 e. The largest absolute Gasteiger partial charge is 0.493 e. The monoisotopic (exact) mass is 563 g/mol. The second-order valence-electron chi connectivity index (χ2n) is 13.0. The summed E-state index contributed by atoms with van der Waals surface area (Å²) in [7, 11) is 0. The standard InChI is InChI=1S/C36H41N3O3/c1-24(23-42-32-13-18-38-31-12-5-7-25(2)33(31)32)19-28-21-27-9-3-4-11-30(27)35(28)14-16-36(17-15-35,34(40)41)39-29-10-6-8-26(20-29)22-37/h3-4,6,8-11,13,18,20,24-25,28,39H,5,7,12,14-17,19,21,23H2,1-2H3,(H,40,41)/t24-,25-,28+,35?,36?/m1/s1. The van der Waals surface area contributed by atoms with Crippen LogP contribution in [0.5, 0.6) is 5.75 Å². The molecule has 42 heavy (non-hydrogen) atoms. The van der Waals surface area contributed by atoms with Gasteiger partial charge in [-0.25, -0.2) is 4.79 Å². The summed E-state index contributed by atoms with van der Waals surface area (Å²) >= 11 is 0. The van der Waals surface area contributed by atoms with Crippen molar-refractivity contribution in [3.05, 3.63) is 88.7 Å². The Labute approximate surface area is 249 Å². The van der Waals surface area contributed by atoms with E-state index in [1.165, 1.54) is 35.2 Å². The number of carboxylic acid groups (broad SMARTS) is 1. The smallest absolute Gasteiger partial charge is 0.329 e. The molecule has 0 bridgehead atoms. The summed E-state index contributed by atoms with van der Waals surface area (Å²) in [5.74, 6) is 1.46. The number of rotatable bonds is 8. The number of carbonyl (C=O) groups is 1. The van der Waals surface area contributed by atoms with Gasteiger partial charge < -0.3 is 15.2 Å². The molecule has 0 saturated heterocycles. The van der Waals surface area contributed by atoms with Crippen LogP contribution in [0.4, 0.5) is 5.69 Å². The molecular formula is C36H41N3O3. The summed E-state index contributed by atoms with van der Waals surface area (Å²) in [6, 6.07) is 20.1. The van der Waals surface area contributed by atoms with Crippen molar-refractivity contribution in [3.63, 3.8) is 0 Å². The van der Waals surface area contributed by atoms with E-state index >= 15 is 0 Å². The number of nitrogens with one attached hydrogen (secondary N) is 1. The van der Waals surface area contributed by atoms with Gasteiger partial charge in [0.25, 0.3) is 0 Å². The van der Waals surface area contributed by atoms with Crippen molar-refractivity contribution >= 4 is 11.7 Å². The zero-order valence-corrected chi connectivity index (χ0v) is 24.7. The minimum absolute atomic E-state index is 0.0374. The van der Waals surface area contributed by atoms with Crippen molar-refractivity contribution in [1.29, 1.82) is 5.26 Å². The van der Waals surface area contributed by atoms with Crippen LogP contribution in [0.2, 0.25) is 0 Å². The highest BCUT2D eigenvalue weighted by molar-refractivity contribution is 5.83. The lowest BCUT2D eigenvalue weighted by atomic mass is 9.59. The van der Waals surface area contributed by atoms with E-state index in [0.717, 1.165) is 37.9 Å². The van der Waals surface area contributed by atoms with Crippen molar-refractivity contribution in [2.24, 2.45) is 11.8 Å². The van der Waals surface area contributed by atoms with Crippen LogP contribution in [-0.2, 0) is 23.1 Å². The first-order chi connectivity index (χ1) is 20.3. The van der Waals surface area contributed by atoms with E-state index in [-0.39, 0.29) is 5.41 Å². The van der Waals surface area contributed by atoms with Gasteiger partial charge in [0, 0.05) is 23.1 Å². The quantitative estimate of drug-likeness (QED) is 0.296. The lowest BCUT2D eigenvalue weighted by Gasteiger charge is -2.47. The van der Waals surface area contributed by atoms with E-state index in [1.54, 1.807) is 18.2 Å². The molecule has 1 fully saturated rings. The highest BCUT2D eigenvalue weighted by Gasteiger charge is 2.54. The number of ether oxygens (including phenoxy) is 1. The first kappa shape index (κ1) is 28.3. The van der Waals surface area contributed by atoms with Crippen LogP contribution in [0, 0.1) is 23.2 Å². The van der Waals surface area contributed by atoms with Crippen LogP contribution in [0.1, 0.15) is 92.7 Å². The third kappa shape index (κ3) is 5.15. The molecule has 1 spiro atoms. The molecule has 3 atom stereocenters. The maximum absolute atomic E-state index is 12.7. The molecule has 0 amide bonds. The van der Waals surface area contributed by atoms with Crippen LogP contribution in [0.15, 0.2) is 60.8 Å². The van der Waals surface area contributed by atoms with Crippen molar-refractivity contribution in [3.8, 4) is 11.8 Å². The van der Waals surface area contributed by atoms with Crippen molar-refractivity contribution in [2.45, 2.75) is 88.5 Å². The number of aromatic nitrogens is 1. The maximum atomic E-state index is 12.7. The van der Waals surface area contributed by atoms with Gasteiger partial charge >= 0.3 is 5.97 Å². The Kier molecular flexibility index (Phi) is 7.70. The number of nitriles is 1. The maximum Gasteiger partial charge on any atom is 0.329 e. The molecule has 0 radical (unpaired) electrons. The first-order valence-corrected chi connectivity index (χ1v) is 15.5. The lowest BCUT2D eigenvalue weighted by Crippen LogP contribution is -2.53. The lowest BCUT2D eigenvalue weighted by molar-refractivity contribution is -0.144. The number of hydrogen-bond donors (Lipinski definition) is 2. The molecule has 6 nitrogen and oxygen atoms in total. The molecule has 1 heterocycles. The Morgan fingerprint density at radius 3 is 2.76 bits per heavy atom. The summed E-state index contributed by atoms with van der Waals surface area (Å²) in [5.41, 5.74) is 5.44. The second kappa shape index (κ2) is 11.4. The van der Waals surface area contributed by atoms with Crippen LogP contribution in [0.25, 0.3) is 0 Å². The highest BCUT2D eigenvalue weighted by Crippen LogP contribution is 2.56. The van der Waals surface area contributed by atoms with E-state index in [4.69, 9.17) is 4.74 Å². The highest BCUT2D eigenvalue weighted by atomic mass is 16.5. The number of pyridine rings is 1. The topological polar surface area (TPSA) is 95.2 Å². The summed E-state index contributed by atoms with van der Waals surface area (Å²) in [5, 5.41) is 23.1. The Morgan fingerprint density at radius 1 is 1.17 bits per heavy atom. The minimum atomic E-state index is -1.05. The molecule has 3 aliphatic carbocycles. The van der Waals surface area contributed by atoms with Crippen LogP contribution >= 0.6 is 0 Å². The number of carboxylic acids is 1. The fourth-order valence-corrected chi connectivity index (χ4v) is 8.16. The van der Waals surface area contributed by atoms with Crippen LogP contribution in [0.3, 0.4) is 0 Å². The number of benzene rings is 2. The third-order valence-electron chi connectivity index (χ3n) is 10.4. The van der Waals surface area contributed by atoms with Gasteiger partial charge in [0.2, 0.25) is 0 Å². The zero-order valence-electron chi connectivity index (χ0n) is 24.7. The Bertz CT molecular complexity index is 1500. The normalized spacial score (nSPS) is 27.0. The Balaban J connectivity index is 1.19. The molecule has 6 heteroatoms. The molecular weight excluding hydrogens is 522 g/mol. The predicted octanol–water partition coefficient (Wildman–Crippen LogP) is 7.42. The molecule has 6 rings (SSSR count). The zero-order chi connectivity index (χ0) is 29.3. The molecule has 0 unspecified atom stereocenters. The number of fused-ring (bicyclic) bond motifs is 3. The fraction of sp³-hybridized carbons (Fsp3) is 0.472. The van der Waals surface area contributed by atoms with Gasteiger partial charge in [-0.2, -0.15) is 5.26 Å². The predicted molar refractivity (Wildman–Crippen MR) is 164 cm³/mol. The summed E-state index contributed by atoms with van der Waals surface area (Å²) < 4.78 is 6.50. The van der Waals surface area contributed by atoms with E-state index in [9.17, 15) is 15.2 Å². The van der Waals surface area contributed by atoms with E-state index in [2.05, 4.69) is 54.5 Å². The molecule has 0 aliphatic heterocycles. The molecule has 2 N–H and O–H groups in total. The number of anilines is 1. The summed E-state index contributed by atoms with van der Waals surface area (Å²) in [6.07, 6.45) is 10.1. The van der Waals surface area contributed by atoms with Gasteiger partial charge in [0.05, 0.1) is 18.2 Å². The molecule has 3 aromatic rings. The molecule has 1 saturated carbocycles. The third-order valence-corrected chi connectivity index (χ3v) is 10.4. The first-order valence-electron chi connectivity index (χ1n) is 15.5. The van der Waals surface area contributed by atoms with Gasteiger partial charge in [-0.1, -0.05) is 44.2 Å².